The summed E-state index contributed by atoms with van der Waals surface area (Å²) in [6, 6.07) is 0. The van der Waals surface area contributed by atoms with Gasteiger partial charge in [0.15, 0.2) is 0 Å². The van der Waals surface area contributed by atoms with Gasteiger partial charge in [-0.15, -0.1) is 0 Å². The van der Waals surface area contributed by atoms with Crippen LogP contribution in [0.5, 0.6) is 0 Å². The van der Waals surface area contributed by atoms with Gasteiger partial charge < -0.3 is 9.84 Å². The quantitative estimate of drug-likeness (QED) is 0.568. The van der Waals surface area contributed by atoms with Crippen LogP contribution in [0, 0.1) is 5.92 Å². The molecule has 0 aromatic carbocycles. The predicted molar refractivity (Wildman–Crippen MR) is 35.2 cm³/mol. The SMILES string of the molecule is C[C@@H]1OCCC[C@H]1CO. The predicted octanol–water partition coefficient (Wildman–Crippen LogP) is 0.794. The van der Waals surface area contributed by atoms with Crippen molar-refractivity contribution in [1.82, 2.24) is 0 Å². The summed E-state index contributed by atoms with van der Waals surface area (Å²) in [5, 5.41) is 8.78. The number of aliphatic hydroxyl groups is 1. The lowest BCUT2D eigenvalue weighted by molar-refractivity contribution is -0.0324. The Labute approximate surface area is 55.8 Å². The minimum absolute atomic E-state index is 0.267. The molecule has 2 heteroatoms. The third-order valence-electron chi connectivity index (χ3n) is 2.00. The van der Waals surface area contributed by atoms with Gasteiger partial charge in [-0.3, -0.25) is 0 Å². The molecule has 0 amide bonds. The molecule has 9 heavy (non-hydrogen) atoms. The van der Waals surface area contributed by atoms with Gasteiger partial charge in [0.05, 0.1) is 6.10 Å². The van der Waals surface area contributed by atoms with E-state index >= 15 is 0 Å². The summed E-state index contributed by atoms with van der Waals surface area (Å²) in [6.07, 6.45) is 2.50. The van der Waals surface area contributed by atoms with Gasteiger partial charge in [0.2, 0.25) is 0 Å². The first-order valence-electron chi connectivity index (χ1n) is 3.57. The summed E-state index contributed by atoms with van der Waals surface area (Å²) in [7, 11) is 0. The maximum absolute atomic E-state index is 8.78. The molecule has 0 aromatic heterocycles. The van der Waals surface area contributed by atoms with E-state index in [9.17, 15) is 0 Å². The van der Waals surface area contributed by atoms with Crippen LogP contribution in [0.15, 0.2) is 0 Å². The fraction of sp³-hybridized carbons (Fsp3) is 1.00. The van der Waals surface area contributed by atoms with E-state index in [1.807, 2.05) is 6.92 Å². The van der Waals surface area contributed by atoms with E-state index in [4.69, 9.17) is 9.84 Å². The van der Waals surface area contributed by atoms with E-state index in [0.717, 1.165) is 19.4 Å². The second-order valence-electron chi connectivity index (χ2n) is 2.66. The highest BCUT2D eigenvalue weighted by Gasteiger charge is 2.20. The van der Waals surface area contributed by atoms with Crippen molar-refractivity contribution < 1.29 is 9.84 Å². The Balaban J connectivity index is 2.30. The molecular weight excluding hydrogens is 116 g/mol. The average molecular weight is 130 g/mol. The van der Waals surface area contributed by atoms with Gasteiger partial charge in [-0.1, -0.05) is 0 Å². The van der Waals surface area contributed by atoms with Crippen LogP contribution in [-0.2, 0) is 4.74 Å². The summed E-state index contributed by atoms with van der Waals surface area (Å²) >= 11 is 0. The third kappa shape index (κ3) is 1.66. The van der Waals surface area contributed by atoms with Crippen molar-refractivity contribution in [3.63, 3.8) is 0 Å². The highest BCUT2D eigenvalue weighted by Crippen LogP contribution is 2.18. The van der Waals surface area contributed by atoms with Crippen molar-refractivity contribution in [3.05, 3.63) is 0 Å². The van der Waals surface area contributed by atoms with Crippen LogP contribution in [0.1, 0.15) is 19.8 Å². The lowest BCUT2D eigenvalue weighted by Gasteiger charge is -2.27. The molecule has 0 spiro atoms. The first-order valence-corrected chi connectivity index (χ1v) is 3.57. The Morgan fingerprint density at radius 3 is 2.89 bits per heavy atom. The fourth-order valence-electron chi connectivity index (χ4n) is 1.23. The lowest BCUT2D eigenvalue weighted by Crippen LogP contribution is -2.29. The lowest BCUT2D eigenvalue weighted by atomic mass is 9.97. The molecule has 0 saturated carbocycles. The van der Waals surface area contributed by atoms with E-state index in [2.05, 4.69) is 0 Å². The number of hydrogen-bond acceptors (Lipinski definition) is 2. The number of aliphatic hydroxyl groups excluding tert-OH is 1. The monoisotopic (exact) mass is 130 g/mol. The fourth-order valence-corrected chi connectivity index (χ4v) is 1.23. The molecule has 2 atom stereocenters. The molecule has 1 heterocycles. The van der Waals surface area contributed by atoms with Crippen LogP contribution in [-0.4, -0.2) is 24.4 Å². The van der Waals surface area contributed by atoms with Crippen LogP contribution < -0.4 is 0 Å². The minimum atomic E-state index is 0.267. The van der Waals surface area contributed by atoms with Crippen molar-refractivity contribution in [1.29, 1.82) is 0 Å². The first-order chi connectivity index (χ1) is 4.34. The standard InChI is InChI=1S/C7H14O2/c1-6-7(5-8)3-2-4-9-6/h6-8H,2-5H2,1H3/t6-,7-/m0/s1. The molecular formula is C7H14O2. The van der Waals surface area contributed by atoms with E-state index in [1.54, 1.807) is 0 Å². The van der Waals surface area contributed by atoms with Crippen LogP contribution in [0.25, 0.3) is 0 Å². The van der Waals surface area contributed by atoms with Crippen molar-refractivity contribution >= 4 is 0 Å². The molecule has 1 aliphatic rings. The summed E-state index contributed by atoms with van der Waals surface area (Å²) in [4.78, 5) is 0. The Bertz CT molecular complexity index is 83.0. The van der Waals surface area contributed by atoms with Crippen LogP contribution in [0.2, 0.25) is 0 Å². The Kier molecular flexibility index (Phi) is 2.49. The normalized spacial score (nSPS) is 36.7. The van der Waals surface area contributed by atoms with Crippen molar-refractivity contribution in [2.45, 2.75) is 25.9 Å². The minimum Gasteiger partial charge on any atom is -0.396 e. The van der Waals surface area contributed by atoms with Crippen molar-refractivity contribution in [2.75, 3.05) is 13.2 Å². The molecule has 1 aliphatic heterocycles. The summed E-state index contributed by atoms with van der Waals surface area (Å²) in [5.41, 5.74) is 0. The summed E-state index contributed by atoms with van der Waals surface area (Å²) in [5.74, 6) is 0.388. The highest BCUT2D eigenvalue weighted by atomic mass is 16.5. The number of ether oxygens (including phenoxy) is 1. The highest BCUT2D eigenvalue weighted by molar-refractivity contribution is 4.69. The smallest absolute Gasteiger partial charge is 0.0597 e. The van der Waals surface area contributed by atoms with Gasteiger partial charge in [0, 0.05) is 19.1 Å². The van der Waals surface area contributed by atoms with Crippen LogP contribution in [0.3, 0.4) is 0 Å². The number of hydrogen-bond donors (Lipinski definition) is 1. The zero-order chi connectivity index (χ0) is 6.69. The van der Waals surface area contributed by atoms with Gasteiger partial charge in [-0.25, -0.2) is 0 Å². The topological polar surface area (TPSA) is 29.5 Å². The average Bonchev–Trinajstić information content (AvgIpc) is 1.89. The molecule has 1 rings (SSSR count). The summed E-state index contributed by atoms with van der Waals surface area (Å²) < 4.78 is 5.32. The Morgan fingerprint density at radius 2 is 2.44 bits per heavy atom. The Morgan fingerprint density at radius 1 is 1.67 bits per heavy atom. The summed E-state index contributed by atoms with van der Waals surface area (Å²) in [6.45, 7) is 3.18. The van der Waals surface area contributed by atoms with Crippen LogP contribution in [0.4, 0.5) is 0 Å². The molecule has 2 nitrogen and oxygen atoms in total. The van der Waals surface area contributed by atoms with Gasteiger partial charge >= 0.3 is 0 Å². The van der Waals surface area contributed by atoms with E-state index in [1.165, 1.54) is 0 Å². The van der Waals surface area contributed by atoms with Crippen molar-refractivity contribution in [2.24, 2.45) is 5.92 Å². The second-order valence-corrected chi connectivity index (χ2v) is 2.66. The van der Waals surface area contributed by atoms with Gasteiger partial charge in [-0.05, 0) is 19.8 Å². The van der Waals surface area contributed by atoms with E-state index in [0.29, 0.717) is 5.92 Å². The molecule has 0 unspecified atom stereocenters. The molecule has 54 valence electrons. The van der Waals surface area contributed by atoms with E-state index in [-0.39, 0.29) is 12.7 Å². The maximum atomic E-state index is 8.78. The van der Waals surface area contributed by atoms with Gasteiger partial charge in [0.1, 0.15) is 0 Å². The largest absolute Gasteiger partial charge is 0.396 e. The zero-order valence-electron chi connectivity index (χ0n) is 5.84. The molecule has 0 radical (unpaired) electrons. The molecule has 1 saturated heterocycles. The second kappa shape index (κ2) is 3.18. The molecule has 1 fully saturated rings. The van der Waals surface area contributed by atoms with Crippen molar-refractivity contribution in [3.8, 4) is 0 Å². The first kappa shape index (κ1) is 7.03. The van der Waals surface area contributed by atoms with E-state index < -0.39 is 0 Å². The van der Waals surface area contributed by atoms with Gasteiger partial charge in [0.25, 0.3) is 0 Å². The molecule has 0 bridgehead atoms. The molecule has 0 aromatic rings. The maximum Gasteiger partial charge on any atom is 0.0597 e. The third-order valence-corrected chi connectivity index (χ3v) is 2.00. The zero-order valence-corrected chi connectivity index (χ0v) is 5.84. The molecule has 0 aliphatic carbocycles. The van der Waals surface area contributed by atoms with Gasteiger partial charge in [-0.2, -0.15) is 0 Å². The Hall–Kier alpha value is -0.0800. The number of rotatable bonds is 1. The molecule has 1 N–H and O–H groups in total. The van der Waals surface area contributed by atoms with Crippen LogP contribution >= 0.6 is 0 Å².